The fraction of sp³-hybridized carbons (Fsp3) is 0.846. The third-order valence-corrected chi connectivity index (χ3v) is 3.64. The molecule has 0 amide bonds. The van der Waals surface area contributed by atoms with Crippen LogP contribution in [0.5, 0.6) is 0 Å². The number of aliphatic carboxylic acids is 2. The number of ether oxygens (including phenoxy) is 2. The van der Waals surface area contributed by atoms with Gasteiger partial charge in [-0.25, -0.2) is 0 Å². The molecule has 0 aromatic rings. The van der Waals surface area contributed by atoms with Crippen molar-refractivity contribution in [3.8, 4) is 0 Å². The van der Waals surface area contributed by atoms with Crippen LogP contribution < -0.4 is 0 Å². The third kappa shape index (κ3) is 3.45. The number of carboxylic acid groups (broad SMARTS) is 2. The van der Waals surface area contributed by atoms with E-state index < -0.39 is 23.6 Å². The molecule has 0 spiro atoms. The van der Waals surface area contributed by atoms with Crippen molar-refractivity contribution in [2.75, 3.05) is 13.2 Å². The molecule has 1 heterocycles. The number of rotatable bonds is 7. The zero-order chi connectivity index (χ0) is 14.5. The monoisotopic (exact) mass is 274 g/mol. The Morgan fingerprint density at radius 1 is 1.21 bits per heavy atom. The number of unbranched alkanes of at least 4 members (excludes halogenated alkanes) is 1. The molecule has 0 aliphatic carbocycles. The van der Waals surface area contributed by atoms with Gasteiger partial charge in [0.2, 0.25) is 5.41 Å². The van der Waals surface area contributed by atoms with Gasteiger partial charge in [-0.15, -0.1) is 0 Å². The highest BCUT2D eigenvalue weighted by Crippen LogP contribution is 2.31. The normalized spacial score (nSPS) is 20.9. The van der Waals surface area contributed by atoms with Crippen molar-refractivity contribution in [2.45, 2.75) is 45.8 Å². The van der Waals surface area contributed by atoms with E-state index in [1.54, 1.807) is 0 Å². The molecule has 19 heavy (non-hydrogen) atoms. The second-order valence-corrected chi connectivity index (χ2v) is 4.99. The molecule has 1 aliphatic heterocycles. The van der Waals surface area contributed by atoms with Crippen molar-refractivity contribution >= 4 is 11.9 Å². The summed E-state index contributed by atoms with van der Waals surface area (Å²) >= 11 is 0. The number of carbonyl (C=O) groups is 2. The molecule has 2 N–H and O–H groups in total. The topological polar surface area (TPSA) is 93.1 Å². The van der Waals surface area contributed by atoms with Crippen molar-refractivity contribution in [1.29, 1.82) is 0 Å². The van der Waals surface area contributed by atoms with Crippen LogP contribution in [0.15, 0.2) is 0 Å². The third-order valence-electron chi connectivity index (χ3n) is 3.64. The Hall–Kier alpha value is -1.14. The summed E-state index contributed by atoms with van der Waals surface area (Å²) in [5.41, 5.74) is -1.97. The summed E-state index contributed by atoms with van der Waals surface area (Å²) in [6, 6.07) is 0. The largest absolute Gasteiger partial charge is 0.480 e. The summed E-state index contributed by atoms with van der Waals surface area (Å²) in [7, 11) is 0. The molecular formula is C13H22O6. The maximum absolute atomic E-state index is 11.1. The van der Waals surface area contributed by atoms with E-state index >= 15 is 0 Å². The lowest BCUT2D eigenvalue weighted by Crippen LogP contribution is -2.53. The maximum Gasteiger partial charge on any atom is 0.325 e. The molecule has 1 aliphatic rings. The first-order chi connectivity index (χ1) is 8.97. The molecule has 1 saturated heterocycles. The first-order valence-electron chi connectivity index (χ1n) is 6.68. The van der Waals surface area contributed by atoms with Gasteiger partial charge in [-0.2, -0.15) is 0 Å². The predicted molar refractivity (Wildman–Crippen MR) is 66.7 cm³/mol. The average Bonchev–Trinajstić information content (AvgIpc) is 2.39. The Balaban J connectivity index is 2.64. The van der Waals surface area contributed by atoms with Crippen LogP contribution in [-0.2, 0) is 19.1 Å². The molecule has 110 valence electrons. The van der Waals surface area contributed by atoms with Gasteiger partial charge in [0.25, 0.3) is 0 Å². The summed E-state index contributed by atoms with van der Waals surface area (Å²) in [5, 5.41) is 18.1. The minimum Gasteiger partial charge on any atom is -0.480 e. The smallest absolute Gasteiger partial charge is 0.325 e. The Morgan fingerprint density at radius 2 is 1.74 bits per heavy atom. The lowest BCUT2D eigenvalue weighted by molar-refractivity contribution is -0.252. The van der Waals surface area contributed by atoms with Crippen LogP contribution in [0.4, 0.5) is 0 Å². The fourth-order valence-corrected chi connectivity index (χ4v) is 2.15. The van der Waals surface area contributed by atoms with E-state index in [4.69, 9.17) is 19.7 Å². The van der Waals surface area contributed by atoms with Crippen LogP contribution in [0.25, 0.3) is 0 Å². The molecule has 6 heteroatoms. The molecule has 1 rings (SSSR count). The van der Waals surface area contributed by atoms with Gasteiger partial charge in [0.05, 0.1) is 13.2 Å². The van der Waals surface area contributed by atoms with Gasteiger partial charge in [-0.1, -0.05) is 26.7 Å². The molecule has 0 bridgehead atoms. The zero-order valence-corrected chi connectivity index (χ0v) is 11.4. The molecule has 1 atom stereocenters. The van der Waals surface area contributed by atoms with Gasteiger partial charge >= 0.3 is 11.9 Å². The van der Waals surface area contributed by atoms with Crippen molar-refractivity contribution in [1.82, 2.24) is 0 Å². The highest BCUT2D eigenvalue weighted by atomic mass is 16.7. The Bertz CT molecular complexity index is 303. The first kappa shape index (κ1) is 15.9. The molecule has 0 aromatic carbocycles. The Labute approximate surface area is 112 Å². The molecule has 0 radical (unpaired) electrons. The van der Waals surface area contributed by atoms with Crippen LogP contribution in [-0.4, -0.2) is 41.7 Å². The van der Waals surface area contributed by atoms with E-state index in [0.717, 1.165) is 25.7 Å². The van der Waals surface area contributed by atoms with Crippen LogP contribution >= 0.6 is 0 Å². The predicted octanol–water partition coefficient (Wildman–Crippen LogP) is 1.73. The standard InChI is InChI=1S/C13H22O6/c1-3-5-6-9(4-2)10-18-7-13(8-19-10,11(14)15)12(16)17/h9-10H,3-8H2,1-2H3,(H,14,15)(H,16,17). The minimum absolute atomic E-state index is 0.181. The van der Waals surface area contributed by atoms with E-state index in [2.05, 4.69) is 6.92 Å². The Kier molecular flexibility index (Phi) is 5.75. The van der Waals surface area contributed by atoms with E-state index in [1.165, 1.54) is 0 Å². The lowest BCUT2D eigenvalue weighted by atomic mass is 9.88. The summed E-state index contributed by atoms with van der Waals surface area (Å²) in [5.74, 6) is -2.65. The van der Waals surface area contributed by atoms with Gasteiger partial charge in [-0.3, -0.25) is 9.59 Å². The van der Waals surface area contributed by atoms with E-state index in [1.807, 2.05) is 6.92 Å². The van der Waals surface area contributed by atoms with Gasteiger partial charge in [0, 0.05) is 5.92 Å². The van der Waals surface area contributed by atoms with E-state index in [0.29, 0.717) is 0 Å². The molecule has 1 fully saturated rings. The minimum atomic E-state index is -1.97. The highest BCUT2D eigenvalue weighted by Gasteiger charge is 2.51. The lowest BCUT2D eigenvalue weighted by Gasteiger charge is -2.37. The van der Waals surface area contributed by atoms with E-state index in [9.17, 15) is 9.59 Å². The summed E-state index contributed by atoms with van der Waals surface area (Å²) in [6.07, 6.45) is 3.41. The fourth-order valence-electron chi connectivity index (χ4n) is 2.15. The second-order valence-electron chi connectivity index (χ2n) is 4.99. The summed E-state index contributed by atoms with van der Waals surface area (Å²) in [6.45, 7) is 3.42. The molecular weight excluding hydrogens is 252 g/mol. The maximum atomic E-state index is 11.1. The average molecular weight is 274 g/mol. The van der Waals surface area contributed by atoms with Crippen molar-refractivity contribution < 1.29 is 29.3 Å². The Morgan fingerprint density at radius 3 is 2.11 bits per heavy atom. The first-order valence-corrected chi connectivity index (χ1v) is 6.68. The van der Waals surface area contributed by atoms with Crippen LogP contribution in [0.2, 0.25) is 0 Å². The van der Waals surface area contributed by atoms with Gasteiger partial charge in [0.1, 0.15) is 0 Å². The number of hydrogen-bond donors (Lipinski definition) is 2. The van der Waals surface area contributed by atoms with Crippen LogP contribution in [0.3, 0.4) is 0 Å². The number of carboxylic acids is 2. The molecule has 0 saturated carbocycles. The van der Waals surface area contributed by atoms with E-state index in [-0.39, 0.29) is 19.1 Å². The van der Waals surface area contributed by atoms with Crippen molar-refractivity contribution in [2.24, 2.45) is 11.3 Å². The van der Waals surface area contributed by atoms with Crippen molar-refractivity contribution in [3.63, 3.8) is 0 Å². The zero-order valence-electron chi connectivity index (χ0n) is 11.4. The SMILES string of the molecule is CCCCC(CC)C1OCC(C(=O)O)(C(=O)O)CO1. The molecule has 1 unspecified atom stereocenters. The number of hydrogen-bond acceptors (Lipinski definition) is 4. The second kappa shape index (κ2) is 6.86. The van der Waals surface area contributed by atoms with Gasteiger partial charge in [0.15, 0.2) is 6.29 Å². The van der Waals surface area contributed by atoms with Gasteiger partial charge in [-0.05, 0) is 12.8 Å². The summed E-state index contributed by atoms with van der Waals surface area (Å²) in [4.78, 5) is 22.2. The summed E-state index contributed by atoms with van der Waals surface area (Å²) < 4.78 is 10.8. The highest BCUT2D eigenvalue weighted by molar-refractivity contribution is 5.98. The van der Waals surface area contributed by atoms with Crippen LogP contribution in [0, 0.1) is 11.3 Å². The molecule has 6 nitrogen and oxygen atoms in total. The van der Waals surface area contributed by atoms with Crippen LogP contribution in [0.1, 0.15) is 39.5 Å². The quantitative estimate of drug-likeness (QED) is 0.687. The van der Waals surface area contributed by atoms with Gasteiger partial charge < -0.3 is 19.7 Å². The van der Waals surface area contributed by atoms with Crippen molar-refractivity contribution in [3.05, 3.63) is 0 Å². The molecule has 0 aromatic heterocycles.